The summed E-state index contributed by atoms with van der Waals surface area (Å²) in [6.45, 7) is 0. The molecule has 2 rings (SSSR count). The van der Waals surface area contributed by atoms with E-state index in [2.05, 4.69) is 21.0 Å². The lowest BCUT2D eigenvalue weighted by Crippen LogP contribution is -2.01. The Morgan fingerprint density at radius 3 is 2.75 bits per heavy atom. The van der Waals surface area contributed by atoms with Crippen molar-refractivity contribution < 1.29 is 9.90 Å². The number of hydrogen-bond acceptors (Lipinski definition) is 2. The van der Waals surface area contributed by atoms with E-state index in [4.69, 9.17) is 16.7 Å². The molecule has 0 aliphatic carbocycles. The van der Waals surface area contributed by atoms with Crippen molar-refractivity contribution in [3.63, 3.8) is 0 Å². The Morgan fingerprint density at radius 1 is 1.44 bits per heavy atom. The fourth-order valence-corrected chi connectivity index (χ4v) is 2.00. The molecule has 0 amide bonds. The Kier molecular flexibility index (Phi) is 2.98. The van der Waals surface area contributed by atoms with Gasteiger partial charge in [0.2, 0.25) is 0 Å². The van der Waals surface area contributed by atoms with Crippen LogP contribution in [0.3, 0.4) is 0 Å². The van der Waals surface area contributed by atoms with Gasteiger partial charge in [0.15, 0.2) is 5.69 Å². The molecule has 0 spiro atoms. The minimum Gasteiger partial charge on any atom is -0.476 e. The van der Waals surface area contributed by atoms with Gasteiger partial charge in [-0.1, -0.05) is 27.5 Å². The first kappa shape index (κ1) is 11.2. The van der Waals surface area contributed by atoms with E-state index >= 15 is 0 Å². The Hall–Kier alpha value is -1.33. The zero-order chi connectivity index (χ0) is 11.7. The number of aromatic nitrogens is 2. The van der Waals surface area contributed by atoms with E-state index in [0.717, 1.165) is 4.47 Å². The molecular weight excluding hydrogens is 295 g/mol. The molecule has 4 nitrogen and oxygen atoms in total. The van der Waals surface area contributed by atoms with Gasteiger partial charge in [0.1, 0.15) is 0 Å². The molecule has 1 heterocycles. The van der Waals surface area contributed by atoms with Crippen LogP contribution in [0.2, 0.25) is 5.02 Å². The first-order valence-electron chi connectivity index (χ1n) is 4.32. The van der Waals surface area contributed by atoms with Gasteiger partial charge >= 0.3 is 5.97 Å². The van der Waals surface area contributed by atoms with Gasteiger partial charge < -0.3 is 5.11 Å². The maximum absolute atomic E-state index is 10.7. The third-order valence-electron chi connectivity index (χ3n) is 1.96. The van der Waals surface area contributed by atoms with Crippen LogP contribution in [0.25, 0.3) is 5.69 Å². The summed E-state index contributed by atoms with van der Waals surface area (Å²) >= 11 is 9.30. The number of carboxylic acids is 1. The van der Waals surface area contributed by atoms with Crippen molar-refractivity contribution >= 4 is 33.5 Å². The molecule has 0 unspecified atom stereocenters. The fraction of sp³-hybridized carbons (Fsp3) is 0. The molecule has 6 heteroatoms. The molecule has 0 fully saturated rings. The number of carbonyl (C=O) groups is 1. The number of carboxylic acid groups (broad SMARTS) is 1. The molecule has 0 saturated carbocycles. The van der Waals surface area contributed by atoms with Crippen molar-refractivity contribution in [2.75, 3.05) is 0 Å². The molecule has 0 bridgehead atoms. The van der Waals surface area contributed by atoms with Crippen LogP contribution in [-0.2, 0) is 0 Å². The zero-order valence-electron chi connectivity index (χ0n) is 7.89. The number of aromatic carboxylic acids is 1. The van der Waals surface area contributed by atoms with Crippen LogP contribution in [-0.4, -0.2) is 20.9 Å². The predicted octanol–water partition coefficient (Wildman–Crippen LogP) is 2.99. The molecule has 0 aliphatic rings. The van der Waals surface area contributed by atoms with Gasteiger partial charge in [-0.2, -0.15) is 5.10 Å². The largest absolute Gasteiger partial charge is 0.476 e. The molecule has 0 saturated heterocycles. The van der Waals surface area contributed by atoms with Crippen LogP contribution in [0.5, 0.6) is 0 Å². The Morgan fingerprint density at radius 2 is 2.19 bits per heavy atom. The van der Waals surface area contributed by atoms with Gasteiger partial charge in [-0.25, -0.2) is 9.48 Å². The summed E-state index contributed by atoms with van der Waals surface area (Å²) in [7, 11) is 0. The van der Waals surface area contributed by atoms with Gasteiger partial charge in [-0.05, 0) is 24.3 Å². The number of halogens is 2. The molecule has 1 aromatic heterocycles. The van der Waals surface area contributed by atoms with Crippen LogP contribution in [0.4, 0.5) is 0 Å². The predicted molar refractivity (Wildman–Crippen MR) is 63.2 cm³/mol. The second kappa shape index (κ2) is 4.27. The highest BCUT2D eigenvalue weighted by Gasteiger charge is 2.09. The normalized spacial score (nSPS) is 10.4. The molecule has 16 heavy (non-hydrogen) atoms. The third kappa shape index (κ3) is 2.10. The second-order valence-electron chi connectivity index (χ2n) is 3.05. The van der Waals surface area contributed by atoms with E-state index in [-0.39, 0.29) is 5.69 Å². The van der Waals surface area contributed by atoms with Gasteiger partial charge in [0.25, 0.3) is 0 Å². The van der Waals surface area contributed by atoms with E-state index in [9.17, 15) is 4.79 Å². The number of benzene rings is 1. The fourth-order valence-electron chi connectivity index (χ4n) is 1.24. The van der Waals surface area contributed by atoms with Crippen molar-refractivity contribution in [2.24, 2.45) is 0 Å². The van der Waals surface area contributed by atoms with Gasteiger partial charge in [-0.3, -0.25) is 0 Å². The smallest absolute Gasteiger partial charge is 0.356 e. The first-order chi connectivity index (χ1) is 7.58. The summed E-state index contributed by atoms with van der Waals surface area (Å²) in [5.41, 5.74) is 0.622. The Bertz CT molecular complexity index is 554. The molecule has 0 atom stereocenters. The molecule has 0 aliphatic heterocycles. The topological polar surface area (TPSA) is 55.1 Å². The molecular formula is C10H6BrClN2O2. The van der Waals surface area contributed by atoms with E-state index in [0.29, 0.717) is 10.7 Å². The van der Waals surface area contributed by atoms with E-state index in [1.807, 2.05) is 6.07 Å². The van der Waals surface area contributed by atoms with E-state index in [1.54, 1.807) is 18.3 Å². The lowest BCUT2D eigenvalue weighted by Gasteiger charge is -2.03. The maximum atomic E-state index is 10.7. The van der Waals surface area contributed by atoms with Crippen LogP contribution < -0.4 is 0 Å². The Labute approximate surface area is 105 Å². The molecule has 1 N–H and O–H groups in total. The highest BCUT2D eigenvalue weighted by Crippen LogP contribution is 2.24. The number of rotatable bonds is 2. The van der Waals surface area contributed by atoms with E-state index in [1.165, 1.54) is 10.7 Å². The minimum atomic E-state index is -1.06. The highest BCUT2D eigenvalue weighted by atomic mass is 79.9. The SMILES string of the molecule is O=C(O)c1ccn(-c2ccc(Br)cc2Cl)n1. The maximum Gasteiger partial charge on any atom is 0.356 e. The quantitative estimate of drug-likeness (QED) is 0.927. The summed E-state index contributed by atoms with van der Waals surface area (Å²) in [6.07, 6.45) is 1.55. The minimum absolute atomic E-state index is 0.0148. The number of hydrogen-bond donors (Lipinski definition) is 1. The van der Waals surface area contributed by atoms with Crippen molar-refractivity contribution in [1.29, 1.82) is 0 Å². The zero-order valence-corrected chi connectivity index (χ0v) is 10.2. The van der Waals surface area contributed by atoms with Crippen molar-refractivity contribution in [3.8, 4) is 5.69 Å². The lowest BCUT2D eigenvalue weighted by atomic mass is 10.3. The van der Waals surface area contributed by atoms with Crippen LogP contribution in [0, 0.1) is 0 Å². The van der Waals surface area contributed by atoms with Crippen LogP contribution in [0.1, 0.15) is 10.5 Å². The average Bonchev–Trinajstić information content (AvgIpc) is 2.66. The summed E-state index contributed by atoms with van der Waals surface area (Å²) in [6, 6.07) is 6.70. The highest BCUT2D eigenvalue weighted by molar-refractivity contribution is 9.10. The average molecular weight is 302 g/mol. The summed E-state index contributed by atoms with van der Waals surface area (Å²) in [4.78, 5) is 10.7. The van der Waals surface area contributed by atoms with Crippen molar-refractivity contribution in [2.45, 2.75) is 0 Å². The molecule has 2 aromatic rings. The van der Waals surface area contributed by atoms with Gasteiger partial charge in [0, 0.05) is 10.7 Å². The lowest BCUT2D eigenvalue weighted by molar-refractivity contribution is 0.0690. The van der Waals surface area contributed by atoms with Crippen LogP contribution >= 0.6 is 27.5 Å². The van der Waals surface area contributed by atoms with Gasteiger partial charge in [-0.15, -0.1) is 0 Å². The molecule has 0 radical (unpaired) electrons. The summed E-state index contributed by atoms with van der Waals surface area (Å²) in [5, 5.41) is 13.1. The second-order valence-corrected chi connectivity index (χ2v) is 4.37. The summed E-state index contributed by atoms with van der Waals surface area (Å²) < 4.78 is 2.28. The van der Waals surface area contributed by atoms with Crippen molar-refractivity contribution in [3.05, 3.63) is 45.7 Å². The summed E-state index contributed by atoms with van der Waals surface area (Å²) in [5.74, 6) is -1.06. The molecule has 82 valence electrons. The standard InChI is InChI=1S/C10H6BrClN2O2/c11-6-1-2-9(7(12)5-6)14-4-3-8(13-14)10(15)16/h1-5H,(H,15,16). The Balaban J connectivity index is 2.46. The number of nitrogens with zero attached hydrogens (tertiary/aromatic N) is 2. The third-order valence-corrected chi connectivity index (χ3v) is 2.76. The molecule has 1 aromatic carbocycles. The van der Waals surface area contributed by atoms with E-state index < -0.39 is 5.97 Å². The van der Waals surface area contributed by atoms with Crippen molar-refractivity contribution in [1.82, 2.24) is 9.78 Å². The van der Waals surface area contributed by atoms with Crippen LogP contribution in [0.15, 0.2) is 34.9 Å². The van der Waals surface area contributed by atoms with Gasteiger partial charge in [0.05, 0.1) is 10.7 Å². The monoisotopic (exact) mass is 300 g/mol. The first-order valence-corrected chi connectivity index (χ1v) is 5.49.